The molecule has 2 fully saturated rings. The predicted molar refractivity (Wildman–Crippen MR) is 137 cm³/mol. The van der Waals surface area contributed by atoms with Crippen molar-refractivity contribution in [2.45, 2.75) is 160 Å². The summed E-state index contributed by atoms with van der Waals surface area (Å²) in [6.45, 7) is 6.95. The summed E-state index contributed by atoms with van der Waals surface area (Å²) >= 11 is 0. The molecule has 0 aromatic heterocycles. The fraction of sp³-hybridized carbons (Fsp3) is 0.933. The second-order valence-corrected chi connectivity index (χ2v) is 12.4. The van der Waals surface area contributed by atoms with Gasteiger partial charge in [0.2, 0.25) is 0 Å². The Labute approximate surface area is 199 Å². The molecular weight excluding hydrogens is 392 g/mol. The van der Waals surface area contributed by atoms with Crippen molar-refractivity contribution in [3.8, 4) is 0 Å². The van der Waals surface area contributed by atoms with Gasteiger partial charge in [-0.25, -0.2) is 0 Å². The zero-order valence-electron chi connectivity index (χ0n) is 21.8. The molecule has 0 spiro atoms. The second-order valence-electron chi connectivity index (χ2n) is 12.4. The van der Waals surface area contributed by atoms with Gasteiger partial charge in [0, 0.05) is 5.41 Å². The number of hydrogen-bond donors (Lipinski definition) is 2. The van der Waals surface area contributed by atoms with Crippen molar-refractivity contribution in [2.24, 2.45) is 16.7 Å². The van der Waals surface area contributed by atoms with E-state index in [1.807, 2.05) is 0 Å². The first kappa shape index (κ1) is 26.3. The van der Waals surface area contributed by atoms with Crippen LogP contribution in [0.1, 0.15) is 149 Å². The van der Waals surface area contributed by atoms with E-state index < -0.39 is 11.2 Å². The summed E-state index contributed by atoms with van der Waals surface area (Å²) in [6, 6.07) is 0. The molecule has 0 aliphatic heterocycles. The number of fused-ring (bicyclic) bond motifs is 5. The highest BCUT2D eigenvalue weighted by Gasteiger charge is 2.78. The molecule has 2 bridgehead atoms. The Balaban J connectivity index is 1.62. The minimum absolute atomic E-state index is 0.0107. The van der Waals surface area contributed by atoms with Crippen LogP contribution < -0.4 is 0 Å². The molecule has 2 N–H and O–H groups in total. The molecule has 3 rings (SSSR count). The topological polar surface area (TPSA) is 40.5 Å². The molecule has 186 valence electrons. The Morgan fingerprint density at radius 3 is 1.53 bits per heavy atom. The molecule has 0 aromatic carbocycles. The average Bonchev–Trinajstić information content (AvgIpc) is 3.05. The minimum Gasteiger partial charge on any atom is -0.387 e. The second kappa shape index (κ2) is 11.4. The Kier molecular flexibility index (Phi) is 9.35. The van der Waals surface area contributed by atoms with Crippen molar-refractivity contribution in [3.63, 3.8) is 0 Å². The van der Waals surface area contributed by atoms with E-state index in [4.69, 9.17) is 0 Å². The van der Waals surface area contributed by atoms with Crippen LogP contribution in [0.5, 0.6) is 0 Å². The van der Waals surface area contributed by atoms with Gasteiger partial charge in [-0.05, 0) is 62.7 Å². The van der Waals surface area contributed by atoms with Gasteiger partial charge in [0.05, 0.1) is 11.2 Å². The minimum atomic E-state index is -0.921. The van der Waals surface area contributed by atoms with Crippen molar-refractivity contribution in [1.29, 1.82) is 0 Å². The quantitative estimate of drug-likeness (QED) is 0.366. The van der Waals surface area contributed by atoms with Crippen LogP contribution in [-0.4, -0.2) is 21.4 Å². The van der Waals surface area contributed by atoms with E-state index in [1.54, 1.807) is 0 Å². The lowest BCUT2D eigenvalue weighted by atomic mass is 9.59. The van der Waals surface area contributed by atoms with Crippen LogP contribution in [0, 0.1) is 16.7 Å². The molecule has 3 aliphatic rings. The monoisotopic (exact) mass is 446 g/mol. The standard InChI is InChI=1S/C30H54O2/c1-27(2)26-22-25-28(27,3)30(32)24-21-19-17-15-13-11-9-7-5-4-6-8-10-12-14-16-18-20-23-29(26,30)31/h4-5,26,31-32H,6-25H2,1-3H3/b5-4-/t26-,28+,29+,30-/m0/s1. The van der Waals surface area contributed by atoms with Crippen LogP contribution in [0.25, 0.3) is 0 Å². The van der Waals surface area contributed by atoms with E-state index in [0.29, 0.717) is 0 Å². The molecule has 2 nitrogen and oxygen atoms in total. The summed E-state index contributed by atoms with van der Waals surface area (Å²) in [6.07, 6.45) is 28.8. The van der Waals surface area contributed by atoms with Crippen molar-refractivity contribution in [2.75, 3.05) is 0 Å². The summed E-state index contributed by atoms with van der Waals surface area (Å²) < 4.78 is 0. The fourth-order valence-corrected chi connectivity index (χ4v) is 8.02. The van der Waals surface area contributed by atoms with Gasteiger partial charge in [-0.1, -0.05) is 110 Å². The van der Waals surface area contributed by atoms with Crippen LogP contribution >= 0.6 is 0 Å². The van der Waals surface area contributed by atoms with Gasteiger partial charge in [-0.2, -0.15) is 0 Å². The maximum absolute atomic E-state index is 12.2. The lowest BCUT2D eigenvalue weighted by Crippen LogP contribution is -2.61. The third kappa shape index (κ3) is 5.02. The third-order valence-corrected chi connectivity index (χ3v) is 10.4. The molecule has 0 heterocycles. The summed E-state index contributed by atoms with van der Waals surface area (Å²) in [7, 11) is 0. The molecular formula is C30H54O2. The first-order valence-electron chi connectivity index (χ1n) is 14.4. The van der Waals surface area contributed by atoms with Gasteiger partial charge in [-0.3, -0.25) is 0 Å². The number of aliphatic hydroxyl groups is 2. The number of rotatable bonds is 0. The SMILES string of the molecule is CC1(C)[C@@H]2CC[C@@]1(C)[C@@]1(O)CCCCCCCCC/C=C\CCCCCCCCC[C@@]21O. The van der Waals surface area contributed by atoms with Gasteiger partial charge in [-0.15, -0.1) is 0 Å². The predicted octanol–water partition coefficient (Wildman–Crippen LogP) is 8.50. The van der Waals surface area contributed by atoms with E-state index in [0.717, 1.165) is 38.5 Å². The Bertz CT molecular complexity index is 596. The van der Waals surface area contributed by atoms with Gasteiger partial charge in [0.25, 0.3) is 0 Å². The molecule has 0 saturated heterocycles. The molecule has 0 amide bonds. The molecule has 3 aliphatic carbocycles. The van der Waals surface area contributed by atoms with Crippen molar-refractivity contribution in [3.05, 3.63) is 12.2 Å². The van der Waals surface area contributed by atoms with Crippen LogP contribution in [0.15, 0.2) is 12.2 Å². The van der Waals surface area contributed by atoms with Crippen molar-refractivity contribution >= 4 is 0 Å². The molecule has 2 saturated carbocycles. The summed E-state index contributed by atoms with van der Waals surface area (Å²) in [5.41, 5.74) is -1.97. The maximum Gasteiger partial charge on any atom is 0.0994 e. The molecule has 0 unspecified atom stereocenters. The highest BCUT2D eigenvalue weighted by atomic mass is 16.4. The van der Waals surface area contributed by atoms with Crippen molar-refractivity contribution < 1.29 is 10.2 Å². The Morgan fingerprint density at radius 1 is 0.562 bits per heavy atom. The Hall–Kier alpha value is -0.340. The fourth-order valence-electron chi connectivity index (χ4n) is 8.02. The van der Waals surface area contributed by atoms with Gasteiger partial charge in [0.1, 0.15) is 0 Å². The normalized spacial score (nSPS) is 41.8. The van der Waals surface area contributed by atoms with Gasteiger partial charge < -0.3 is 10.2 Å². The summed E-state index contributed by atoms with van der Waals surface area (Å²) in [5.74, 6) is 0.239. The lowest BCUT2D eigenvalue weighted by molar-refractivity contribution is -0.214. The van der Waals surface area contributed by atoms with Gasteiger partial charge >= 0.3 is 0 Å². The highest BCUT2D eigenvalue weighted by molar-refractivity contribution is 5.28. The molecule has 0 aromatic rings. The average molecular weight is 447 g/mol. The third-order valence-electron chi connectivity index (χ3n) is 10.4. The van der Waals surface area contributed by atoms with E-state index in [2.05, 4.69) is 32.9 Å². The molecule has 4 atom stereocenters. The Morgan fingerprint density at radius 2 is 1.00 bits per heavy atom. The van der Waals surface area contributed by atoms with Crippen LogP contribution in [-0.2, 0) is 0 Å². The largest absolute Gasteiger partial charge is 0.387 e. The van der Waals surface area contributed by atoms with Gasteiger partial charge in [0.15, 0.2) is 0 Å². The zero-order chi connectivity index (χ0) is 23.1. The number of hydrogen-bond acceptors (Lipinski definition) is 2. The summed E-state index contributed by atoms with van der Waals surface area (Å²) in [5, 5.41) is 24.3. The van der Waals surface area contributed by atoms with Crippen LogP contribution in [0.3, 0.4) is 0 Å². The maximum atomic E-state index is 12.2. The first-order chi connectivity index (χ1) is 15.3. The van der Waals surface area contributed by atoms with E-state index in [1.165, 1.54) is 89.9 Å². The van der Waals surface area contributed by atoms with E-state index in [9.17, 15) is 10.2 Å². The first-order valence-corrected chi connectivity index (χ1v) is 14.4. The van der Waals surface area contributed by atoms with Crippen molar-refractivity contribution in [1.82, 2.24) is 0 Å². The zero-order valence-corrected chi connectivity index (χ0v) is 21.8. The lowest BCUT2D eigenvalue weighted by Gasteiger charge is -2.52. The smallest absolute Gasteiger partial charge is 0.0994 e. The van der Waals surface area contributed by atoms with E-state index in [-0.39, 0.29) is 16.7 Å². The molecule has 32 heavy (non-hydrogen) atoms. The summed E-state index contributed by atoms with van der Waals surface area (Å²) in [4.78, 5) is 0. The molecule has 2 heteroatoms. The van der Waals surface area contributed by atoms with Crippen LogP contribution in [0.2, 0.25) is 0 Å². The van der Waals surface area contributed by atoms with Crippen LogP contribution in [0.4, 0.5) is 0 Å². The number of allylic oxidation sites excluding steroid dienone is 2. The van der Waals surface area contributed by atoms with E-state index >= 15 is 0 Å². The highest BCUT2D eigenvalue weighted by Crippen LogP contribution is 2.75. The molecule has 0 radical (unpaired) electrons.